The topological polar surface area (TPSA) is 71.3 Å². The largest absolute Gasteiger partial charge is 0.501 e. The molecule has 5 nitrogen and oxygen atoms in total. The number of imide groups is 1. The molecule has 0 radical (unpaired) electrons. The van der Waals surface area contributed by atoms with Gasteiger partial charge in [-0.3, -0.25) is 14.9 Å². The number of hydrogen-bond donors (Lipinski definition) is 2. The number of aliphatic hydroxyl groups excluding tert-OH is 1. The van der Waals surface area contributed by atoms with Crippen LogP contribution in [0, 0.1) is 0 Å². The third kappa shape index (κ3) is 1.25. The average molecular weight is 228 g/mol. The monoisotopic (exact) mass is 228 g/mol. The van der Waals surface area contributed by atoms with Crippen LogP contribution >= 0.6 is 0 Å². The van der Waals surface area contributed by atoms with Gasteiger partial charge in [0.25, 0.3) is 11.8 Å². The molecule has 2 heterocycles. The first-order valence-corrected chi connectivity index (χ1v) is 5.04. The third-order valence-corrected chi connectivity index (χ3v) is 2.72. The lowest BCUT2D eigenvalue weighted by molar-refractivity contribution is -0.124. The maximum atomic E-state index is 11.6. The van der Waals surface area contributed by atoms with Crippen molar-refractivity contribution in [2.24, 2.45) is 0 Å². The van der Waals surface area contributed by atoms with Crippen LogP contribution in [0.5, 0.6) is 0 Å². The normalized spacial score (nSPS) is 15.8. The number of hydrogen-bond acceptors (Lipinski definition) is 3. The van der Waals surface area contributed by atoms with Gasteiger partial charge in [0.1, 0.15) is 0 Å². The Bertz CT molecular complexity index is 682. The highest BCUT2D eigenvalue weighted by molar-refractivity contribution is 6.32. The highest BCUT2D eigenvalue weighted by Gasteiger charge is 2.31. The van der Waals surface area contributed by atoms with Gasteiger partial charge in [-0.15, -0.1) is 0 Å². The number of fused-ring (bicyclic) bond motifs is 1. The second-order valence-electron chi connectivity index (χ2n) is 3.73. The molecular formula is C12H8N2O3. The Balaban J connectivity index is 2.29. The molecule has 84 valence electrons. The minimum absolute atomic E-state index is 0.0313. The van der Waals surface area contributed by atoms with E-state index < -0.39 is 17.6 Å². The van der Waals surface area contributed by atoms with Crippen LogP contribution in [0.25, 0.3) is 16.6 Å². The van der Waals surface area contributed by atoms with Gasteiger partial charge in [0, 0.05) is 6.20 Å². The number of aromatic nitrogens is 1. The van der Waals surface area contributed by atoms with Crippen LogP contribution in [0.1, 0.15) is 0 Å². The molecule has 2 amide bonds. The van der Waals surface area contributed by atoms with Crippen molar-refractivity contribution in [3.63, 3.8) is 0 Å². The molecule has 2 aromatic rings. The number of amides is 2. The predicted molar refractivity (Wildman–Crippen MR) is 60.9 cm³/mol. The van der Waals surface area contributed by atoms with Crippen LogP contribution in [0.2, 0.25) is 0 Å². The summed E-state index contributed by atoms with van der Waals surface area (Å²) in [6.45, 7) is 0. The van der Waals surface area contributed by atoms with Gasteiger partial charge in [-0.05, 0) is 17.5 Å². The molecular weight excluding hydrogens is 220 g/mol. The molecule has 3 rings (SSSR count). The van der Waals surface area contributed by atoms with Crippen molar-refractivity contribution >= 4 is 28.4 Å². The van der Waals surface area contributed by atoms with E-state index in [9.17, 15) is 14.7 Å². The average Bonchev–Trinajstić information content (AvgIpc) is 2.82. The summed E-state index contributed by atoms with van der Waals surface area (Å²) in [5.74, 6) is -1.90. The van der Waals surface area contributed by atoms with Crippen molar-refractivity contribution in [1.82, 2.24) is 9.88 Å². The summed E-state index contributed by atoms with van der Waals surface area (Å²) in [5, 5.41) is 12.6. The predicted octanol–water partition coefficient (Wildman–Crippen LogP) is 1.02. The van der Waals surface area contributed by atoms with Gasteiger partial charge < -0.3 is 9.67 Å². The smallest absolute Gasteiger partial charge is 0.295 e. The van der Waals surface area contributed by atoms with Crippen molar-refractivity contribution in [3.8, 4) is 0 Å². The molecule has 0 fully saturated rings. The summed E-state index contributed by atoms with van der Waals surface area (Å²) in [7, 11) is 0. The van der Waals surface area contributed by atoms with Gasteiger partial charge >= 0.3 is 0 Å². The molecule has 0 aliphatic carbocycles. The summed E-state index contributed by atoms with van der Waals surface area (Å²) in [6.07, 6.45) is 1.65. The molecule has 0 saturated carbocycles. The number of nitrogens with zero attached hydrogens (tertiary/aromatic N) is 1. The molecule has 2 N–H and O–H groups in total. The Morgan fingerprint density at radius 3 is 2.53 bits per heavy atom. The number of nitrogens with one attached hydrogen (secondary N) is 1. The van der Waals surface area contributed by atoms with Crippen LogP contribution in [0.3, 0.4) is 0 Å². The van der Waals surface area contributed by atoms with E-state index >= 15 is 0 Å². The zero-order chi connectivity index (χ0) is 12.0. The van der Waals surface area contributed by atoms with Crippen LogP contribution in [0.15, 0.2) is 42.3 Å². The molecule has 0 spiro atoms. The second-order valence-corrected chi connectivity index (χ2v) is 3.73. The molecule has 0 saturated heterocycles. The highest BCUT2D eigenvalue weighted by Crippen LogP contribution is 2.23. The Hall–Kier alpha value is -2.56. The first-order chi connectivity index (χ1) is 8.18. The molecule has 1 aliphatic heterocycles. The Kier molecular flexibility index (Phi) is 1.82. The van der Waals surface area contributed by atoms with Crippen molar-refractivity contribution in [2.45, 2.75) is 0 Å². The lowest BCUT2D eigenvalue weighted by Crippen LogP contribution is -2.23. The maximum Gasteiger partial charge on any atom is 0.295 e. The zero-order valence-corrected chi connectivity index (χ0v) is 8.68. The summed E-state index contributed by atoms with van der Waals surface area (Å²) < 4.78 is 1.50. The van der Waals surface area contributed by atoms with Gasteiger partial charge in [-0.2, -0.15) is 0 Å². The van der Waals surface area contributed by atoms with Gasteiger partial charge in [0.15, 0.2) is 5.70 Å². The van der Waals surface area contributed by atoms with Crippen LogP contribution in [-0.2, 0) is 9.59 Å². The maximum absolute atomic E-state index is 11.6. The van der Waals surface area contributed by atoms with Gasteiger partial charge in [-0.1, -0.05) is 18.2 Å². The van der Waals surface area contributed by atoms with Crippen molar-refractivity contribution in [2.75, 3.05) is 0 Å². The fourth-order valence-electron chi connectivity index (χ4n) is 1.94. The summed E-state index contributed by atoms with van der Waals surface area (Å²) >= 11 is 0. The van der Waals surface area contributed by atoms with Gasteiger partial charge in [-0.25, -0.2) is 0 Å². The number of rotatable bonds is 1. The van der Waals surface area contributed by atoms with E-state index in [0.717, 1.165) is 10.9 Å². The van der Waals surface area contributed by atoms with Gasteiger partial charge in [0.05, 0.1) is 5.52 Å². The van der Waals surface area contributed by atoms with Crippen molar-refractivity contribution in [1.29, 1.82) is 0 Å². The van der Waals surface area contributed by atoms with Gasteiger partial charge in [0.2, 0.25) is 5.76 Å². The second kappa shape index (κ2) is 3.21. The summed E-state index contributed by atoms with van der Waals surface area (Å²) in [4.78, 5) is 22.7. The zero-order valence-electron chi connectivity index (χ0n) is 8.68. The fraction of sp³-hybridized carbons (Fsp3) is 0. The first kappa shape index (κ1) is 9.65. The van der Waals surface area contributed by atoms with E-state index in [1.165, 1.54) is 4.57 Å². The molecule has 1 aliphatic rings. The summed E-state index contributed by atoms with van der Waals surface area (Å²) in [6, 6.07) is 9.21. The number of carbonyl (C=O) groups excluding carboxylic acids is 2. The molecule has 0 atom stereocenters. The Morgan fingerprint density at radius 1 is 1.06 bits per heavy atom. The minimum Gasteiger partial charge on any atom is -0.501 e. The Morgan fingerprint density at radius 2 is 1.82 bits per heavy atom. The van der Waals surface area contributed by atoms with Crippen molar-refractivity contribution in [3.05, 3.63) is 42.3 Å². The number of benzene rings is 1. The van der Waals surface area contributed by atoms with E-state index in [2.05, 4.69) is 0 Å². The fourth-order valence-corrected chi connectivity index (χ4v) is 1.94. The van der Waals surface area contributed by atoms with Crippen LogP contribution in [-0.4, -0.2) is 21.5 Å². The van der Waals surface area contributed by atoms with Crippen molar-refractivity contribution < 1.29 is 14.7 Å². The molecule has 5 heteroatoms. The SMILES string of the molecule is O=C1NC(=O)C(n2ccc3ccccc32)=C1O. The van der Waals surface area contributed by atoms with Crippen LogP contribution < -0.4 is 5.32 Å². The molecule has 0 bridgehead atoms. The molecule has 0 unspecified atom stereocenters. The lowest BCUT2D eigenvalue weighted by atomic mass is 10.2. The highest BCUT2D eigenvalue weighted by atomic mass is 16.3. The number of para-hydroxylation sites is 1. The quantitative estimate of drug-likeness (QED) is 0.716. The van der Waals surface area contributed by atoms with E-state index in [-0.39, 0.29) is 5.70 Å². The third-order valence-electron chi connectivity index (χ3n) is 2.72. The Labute approximate surface area is 96.0 Å². The van der Waals surface area contributed by atoms with E-state index in [1.54, 1.807) is 6.20 Å². The number of aliphatic hydroxyl groups is 1. The lowest BCUT2D eigenvalue weighted by Gasteiger charge is -2.03. The standard InChI is InChI=1S/C12H8N2O3/c15-10-9(11(16)13-12(10)17)14-6-5-7-3-1-2-4-8(7)14/h1-6H,(H2,13,15,16,17). The molecule has 1 aromatic carbocycles. The first-order valence-electron chi connectivity index (χ1n) is 5.04. The van der Waals surface area contributed by atoms with Crippen LogP contribution in [0.4, 0.5) is 0 Å². The molecule has 17 heavy (non-hydrogen) atoms. The van der Waals surface area contributed by atoms with E-state index in [0.29, 0.717) is 0 Å². The summed E-state index contributed by atoms with van der Waals surface area (Å²) in [5.41, 5.74) is 0.732. The molecule has 1 aromatic heterocycles. The van der Waals surface area contributed by atoms with E-state index in [1.807, 2.05) is 35.6 Å². The van der Waals surface area contributed by atoms with E-state index in [4.69, 9.17) is 0 Å². The number of carbonyl (C=O) groups is 2. The minimum atomic E-state index is -0.761.